The number of hydrogen-bond acceptors (Lipinski definition) is 4. The molecule has 0 unspecified atom stereocenters. The Bertz CT molecular complexity index is 568. The Morgan fingerprint density at radius 2 is 1.72 bits per heavy atom. The first-order chi connectivity index (χ1) is 8.67. The Morgan fingerprint density at radius 3 is 2.39 bits per heavy atom. The van der Waals surface area contributed by atoms with Gasteiger partial charge >= 0.3 is 0 Å². The van der Waals surface area contributed by atoms with Crippen molar-refractivity contribution in [3.05, 3.63) is 36.4 Å². The van der Waals surface area contributed by atoms with Gasteiger partial charge in [0.25, 0.3) is 0 Å². The predicted octanol–water partition coefficient (Wildman–Crippen LogP) is 2.54. The van der Waals surface area contributed by atoms with Crippen LogP contribution >= 0.6 is 0 Å². The van der Waals surface area contributed by atoms with Crippen molar-refractivity contribution in [2.24, 2.45) is 0 Å². The van der Waals surface area contributed by atoms with Crippen molar-refractivity contribution in [3.8, 4) is 22.6 Å². The molecule has 0 heterocycles. The molecule has 4 heteroatoms. The summed E-state index contributed by atoms with van der Waals surface area (Å²) in [6.45, 7) is 0. The van der Waals surface area contributed by atoms with E-state index in [2.05, 4.69) is 0 Å². The smallest absolute Gasteiger partial charge is 0.165 e. The zero-order valence-electron chi connectivity index (χ0n) is 10.4. The Kier molecular flexibility index (Phi) is 3.28. The summed E-state index contributed by atoms with van der Waals surface area (Å²) < 4.78 is 10.4. The van der Waals surface area contributed by atoms with E-state index in [1.807, 2.05) is 30.3 Å². The first-order valence-electron chi connectivity index (χ1n) is 5.53. The molecule has 0 atom stereocenters. The van der Waals surface area contributed by atoms with E-state index in [9.17, 15) is 0 Å². The maximum absolute atomic E-state index is 6.07. The highest BCUT2D eigenvalue weighted by Gasteiger charge is 2.11. The fourth-order valence-corrected chi connectivity index (χ4v) is 1.89. The summed E-state index contributed by atoms with van der Waals surface area (Å²) in [7, 11) is 3.18. The van der Waals surface area contributed by atoms with Crippen LogP contribution in [-0.4, -0.2) is 14.2 Å². The van der Waals surface area contributed by atoms with Crippen molar-refractivity contribution >= 4 is 11.4 Å². The summed E-state index contributed by atoms with van der Waals surface area (Å²) >= 11 is 0. The van der Waals surface area contributed by atoms with Crippen molar-refractivity contribution in [2.75, 3.05) is 25.7 Å². The first-order valence-corrected chi connectivity index (χ1v) is 5.53. The van der Waals surface area contributed by atoms with Crippen LogP contribution in [0, 0.1) is 0 Å². The molecule has 2 rings (SSSR count). The van der Waals surface area contributed by atoms with Crippen LogP contribution in [0.4, 0.5) is 11.4 Å². The van der Waals surface area contributed by atoms with Crippen LogP contribution in [0.15, 0.2) is 36.4 Å². The summed E-state index contributed by atoms with van der Waals surface area (Å²) in [6, 6.07) is 11.3. The lowest BCUT2D eigenvalue weighted by molar-refractivity contribution is 0.415. The molecule has 0 bridgehead atoms. The number of anilines is 2. The van der Waals surface area contributed by atoms with Crippen molar-refractivity contribution in [3.63, 3.8) is 0 Å². The predicted molar refractivity (Wildman–Crippen MR) is 73.8 cm³/mol. The van der Waals surface area contributed by atoms with E-state index < -0.39 is 0 Å². The average molecular weight is 244 g/mol. The second-order valence-electron chi connectivity index (χ2n) is 3.88. The molecular formula is C14H16N2O2. The number of ether oxygens (including phenoxy) is 2. The van der Waals surface area contributed by atoms with Gasteiger partial charge in [0.15, 0.2) is 5.75 Å². The lowest BCUT2D eigenvalue weighted by Gasteiger charge is -2.13. The number of hydrogen-bond donors (Lipinski definition) is 2. The van der Waals surface area contributed by atoms with Gasteiger partial charge in [-0.15, -0.1) is 0 Å². The molecule has 0 aliphatic rings. The second-order valence-corrected chi connectivity index (χ2v) is 3.88. The van der Waals surface area contributed by atoms with Gasteiger partial charge in [0.2, 0.25) is 0 Å². The minimum Gasteiger partial charge on any atom is -0.497 e. The lowest BCUT2D eigenvalue weighted by atomic mass is 10.0. The highest BCUT2D eigenvalue weighted by molar-refractivity contribution is 5.85. The van der Waals surface area contributed by atoms with Gasteiger partial charge in [0.05, 0.1) is 25.6 Å². The zero-order chi connectivity index (χ0) is 13.1. The molecule has 4 N–H and O–H groups in total. The minimum absolute atomic E-state index is 0.510. The van der Waals surface area contributed by atoms with Crippen LogP contribution in [0.3, 0.4) is 0 Å². The third-order valence-electron chi connectivity index (χ3n) is 2.81. The molecule has 0 fully saturated rings. The third kappa shape index (κ3) is 2.05. The van der Waals surface area contributed by atoms with Gasteiger partial charge in [-0.3, -0.25) is 0 Å². The monoisotopic (exact) mass is 244 g/mol. The summed E-state index contributed by atoms with van der Waals surface area (Å²) in [5, 5.41) is 0. The number of benzene rings is 2. The first kappa shape index (κ1) is 12.1. The van der Waals surface area contributed by atoms with Gasteiger partial charge in [-0.05, 0) is 29.8 Å². The van der Waals surface area contributed by atoms with Crippen LogP contribution < -0.4 is 20.9 Å². The Hall–Kier alpha value is -2.36. The average Bonchev–Trinajstić information content (AvgIpc) is 2.39. The summed E-state index contributed by atoms with van der Waals surface area (Å²) in [5.41, 5.74) is 14.8. The topological polar surface area (TPSA) is 70.5 Å². The van der Waals surface area contributed by atoms with Crippen LogP contribution in [-0.2, 0) is 0 Å². The van der Waals surface area contributed by atoms with Crippen molar-refractivity contribution in [1.29, 1.82) is 0 Å². The fourth-order valence-electron chi connectivity index (χ4n) is 1.89. The Labute approximate surface area is 106 Å². The maximum Gasteiger partial charge on any atom is 0.165 e. The summed E-state index contributed by atoms with van der Waals surface area (Å²) in [6.07, 6.45) is 0. The van der Waals surface area contributed by atoms with E-state index in [0.717, 1.165) is 16.9 Å². The van der Waals surface area contributed by atoms with Crippen molar-refractivity contribution in [1.82, 2.24) is 0 Å². The van der Waals surface area contributed by atoms with Gasteiger partial charge < -0.3 is 20.9 Å². The fraction of sp³-hybridized carbons (Fsp3) is 0.143. The highest BCUT2D eigenvalue weighted by atomic mass is 16.5. The molecule has 2 aromatic rings. The number of nitrogens with two attached hydrogens (primary N) is 2. The molecule has 0 saturated heterocycles. The highest BCUT2D eigenvalue weighted by Crippen LogP contribution is 2.38. The van der Waals surface area contributed by atoms with E-state index >= 15 is 0 Å². The molecule has 18 heavy (non-hydrogen) atoms. The largest absolute Gasteiger partial charge is 0.497 e. The molecule has 0 saturated carbocycles. The van der Waals surface area contributed by atoms with Crippen molar-refractivity contribution in [2.45, 2.75) is 0 Å². The Balaban J connectivity index is 2.57. The van der Waals surface area contributed by atoms with E-state index in [4.69, 9.17) is 20.9 Å². The molecule has 0 amide bonds. The van der Waals surface area contributed by atoms with Crippen LogP contribution in [0.1, 0.15) is 0 Å². The van der Waals surface area contributed by atoms with Crippen molar-refractivity contribution < 1.29 is 9.47 Å². The van der Waals surface area contributed by atoms with Gasteiger partial charge in [0.1, 0.15) is 5.75 Å². The van der Waals surface area contributed by atoms with Crippen LogP contribution in [0.25, 0.3) is 11.1 Å². The number of nitrogen functional groups attached to an aromatic ring is 2. The van der Waals surface area contributed by atoms with E-state index in [1.54, 1.807) is 20.3 Å². The molecule has 0 radical (unpaired) electrons. The number of methoxy groups -OCH3 is 2. The second kappa shape index (κ2) is 4.87. The SMILES string of the molecule is COc1cccc(-c2ccc(N)c(OC)c2N)c1. The molecule has 0 aromatic heterocycles. The standard InChI is InChI=1S/C14H16N2O2/c1-17-10-5-3-4-9(8-10)11-6-7-12(15)14(18-2)13(11)16/h3-8H,15-16H2,1-2H3. The molecule has 94 valence electrons. The van der Waals surface area contributed by atoms with Gasteiger partial charge in [0, 0.05) is 5.56 Å². The van der Waals surface area contributed by atoms with Gasteiger partial charge in [-0.25, -0.2) is 0 Å². The van der Waals surface area contributed by atoms with Crippen LogP contribution in [0.2, 0.25) is 0 Å². The van der Waals surface area contributed by atoms with E-state index in [1.165, 1.54) is 0 Å². The normalized spacial score (nSPS) is 10.1. The van der Waals surface area contributed by atoms with E-state index in [0.29, 0.717) is 17.1 Å². The zero-order valence-corrected chi connectivity index (χ0v) is 10.4. The summed E-state index contributed by atoms with van der Waals surface area (Å²) in [4.78, 5) is 0. The maximum atomic E-state index is 6.07. The summed E-state index contributed by atoms with van der Waals surface area (Å²) in [5.74, 6) is 1.29. The molecule has 0 spiro atoms. The Morgan fingerprint density at radius 1 is 0.944 bits per heavy atom. The molecular weight excluding hydrogens is 228 g/mol. The minimum atomic E-state index is 0.510. The van der Waals surface area contributed by atoms with Crippen LogP contribution in [0.5, 0.6) is 11.5 Å². The third-order valence-corrected chi connectivity index (χ3v) is 2.81. The molecule has 4 nitrogen and oxygen atoms in total. The van der Waals surface area contributed by atoms with E-state index in [-0.39, 0.29) is 0 Å². The van der Waals surface area contributed by atoms with Gasteiger partial charge in [-0.1, -0.05) is 12.1 Å². The molecule has 0 aliphatic carbocycles. The number of rotatable bonds is 3. The molecule has 2 aromatic carbocycles. The molecule has 0 aliphatic heterocycles. The van der Waals surface area contributed by atoms with Gasteiger partial charge in [-0.2, -0.15) is 0 Å². The quantitative estimate of drug-likeness (QED) is 0.814. The lowest BCUT2D eigenvalue weighted by Crippen LogP contribution is -1.99.